The van der Waals surface area contributed by atoms with Crippen molar-refractivity contribution in [2.24, 2.45) is 0 Å². The molecule has 0 aliphatic rings. The van der Waals surface area contributed by atoms with E-state index in [2.05, 4.69) is 15.4 Å². The van der Waals surface area contributed by atoms with Gasteiger partial charge in [0.05, 0.1) is 13.2 Å². The number of hydrogen-bond acceptors (Lipinski definition) is 5. The molecule has 1 aromatic carbocycles. The largest absolute Gasteiger partial charge is 0.395 e. The predicted octanol–water partition coefficient (Wildman–Crippen LogP) is -0.256. The van der Waals surface area contributed by atoms with Crippen LogP contribution in [0.25, 0.3) is 11.0 Å². The van der Waals surface area contributed by atoms with E-state index in [1.165, 1.54) is 0 Å². The maximum Gasteiger partial charge on any atom is 0.117 e. The first-order valence-corrected chi connectivity index (χ1v) is 5.57. The summed E-state index contributed by atoms with van der Waals surface area (Å²) in [6, 6.07) is 5.80. The number of aliphatic hydroxyl groups is 2. The van der Waals surface area contributed by atoms with Gasteiger partial charge in [0, 0.05) is 19.6 Å². The topological polar surface area (TPSA) is 85.3 Å². The van der Waals surface area contributed by atoms with E-state index in [0.717, 1.165) is 16.6 Å². The number of para-hydroxylation sites is 1. The van der Waals surface area contributed by atoms with Crippen LogP contribution in [0.4, 0.5) is 0 Å². The number of aromatic nitrogens is 3. The molecule has 2 aromatic rings. The molecule has 92 valence electrons. The molecule has 0 radical (unpaired) electrons. The predicted molar refractivity (Wildman–Crippen MR) is 63.3 cm³/mol. The molecule has 0 aliphatic heterocycles. The van der Waals surface area contributed by atoms with Crippen LogP contribution in [0.5, 0.6) is 0 Å². The molecule has 0 saturated heterocycles. The molecular formula is C11H16N4O2. The lowest BCUT2D eigenvalue weighted by Crippen LogP contribution is -2.29. The molecule has 1 heterocycles. The van der Waals surface area contributed by atoms with Gasteiger partial charge in [-0.2, -0.15) is 15.4 Å². The highest BCUT2D eigenvalue weighted by atomic mass is 16.3. The number of H-pyrrole nitrogens is 1. The SMILES string of the molecule is OCCN(CCO)Cc1cccc2n[nH]nc12. The molecule has 6 nitrogen and oxygen atoms in total. The lowest BCUT2D eigenvalue weighted by molar-refractivity contribution is 0.156. The minimum atomic E-state index is 0.0782. The smallest absolute Gasteiger partial charge is 0.117 e. The summed E-state index contributed by atoms with van der Waals surface area (Å²) >= 11 is 0. The molecule has 2 rings (SSSR count). The molecule has 0 atom stereocenters. The second-order valence-corrected chi connectivity index (χ2v) is 3.83. The summed E-state index contributed by atoms with van der Waals surface area (Å²) in [5.74, 6) is 0. The standard InChI is InChI=1S/C11H16N4O2/c16-6-4-15(5-7-17)8-9-2-1-3-10-11(9)13-14-12-10/h1-3,16-17H,4-8H2,(H,12,13,14). The van der Waals surface area contributed by atoms with E-state index in [1.807, 2.05) is 23.1 Å². The lowest BCUT2D eigenvalue weighted by atomic mass is 10.1. The van der Waals surface area contributed by atoms with Crippen LogP contribution >= 0.6 is 0 Å². The van der Waals surface area contributed by atoms with Crippen LogP contribution in [0.3, 0.4) is 0 Å². The molecule has 6 heteroatoms. The maximum atomic E-state index is 8.96. The van der Waals surface area contributed by atoms with Crippen LogP contribution in [0.1, 0.15) is 5.56 Å². The highest BCUT2D eigenvalue weighted by Gasteiger charge is 2.09. The minimum absolute atomic E-state index is 0.0782. The molecule has 0 unspecified atom stereocenters. The van der Waals surface area contributed by atoms with Gasteiger partial charge in [-0.05, 0) is 11.6 Å². The van der Waals surface area contributed by atoms with Crippen molar-refractivity contribution in [1.82, 2.24) is 20.3 Å². The fourth-order valence-corrected chi connectivity index (χ4v) is 1.85. The summed E-state index contributed by atoms with van der Waals surface area (Å²) in [5.41, 5.74) is 2.71. The van der Waals surface area contributed by atoms with Crippen molar-refractivity contribution in [3.63, 3.8) is 0 Å². The molecule has 17 heavy (non-hydrogen) atoms. The number of aromatic amines is 1. The summed E-state index contributed by atoms with van der Waals surface area (Å²) in [4.78, 5) is 1.98. The van der Waals surface area contributed by atoms with E-state index in [4.69, 9.17) is 10.2 Å². The zero-order valence-corrected chi connectivity index (χ0v) is 9.50. The lowest BCUT2D eigenvalue weighted by Gasteiger charge is -2.20. The first-order chi connectivity index (χ1) is 8.35. The van der Waals surface area contributed by atoms with Crippen molar-refractivity contribution >= 4 is 11.0 Å². The van der Waals surface area contributed by atoms with Crippen molar-refractivity contribution in [3.8, 4) is 0 Å². The Balaban J connectivity index is 2.18. The van der Waals surface area contributed by atoms with Gasteiger partial charge in [0.1, 0.15) is 11.0 Å². The summed E-state index contributed by atoms with van der Waals surface area (Å²) in [6.45, 7) is 1.87. The third-order valence-corrected chi connectivity index (χ3v) is 2.66. The third-order valence-electron chi connectivity index (χ3n) is 2.66. The first kappa shape index (κ1) is 12.0. The highest BCUT2D eigenvalue weighted by molar-refractivity contribution is 5.77. The molecule has 3 N–H and O–H groups in total. The second kappa shape index (κ2) is 5.72. The van der Waals surface area contributed by atoms with Crippen LogP contribution in [0, 0.1) is 0 Å². The Morgan fingerprint density at radius 1 is 1.12 bits per heavy atom. The minimum Gasteiger partial charge on any atom is -0.395 e. The number of rotatable bonds is 6. The number of nitrogens with one attached hydrogen (secondary N) is 1. The van der Waals surface area contributed by atoms with Crippen LogP contribution in [-0.2, 0) is 6.54 Å². The summed E-state index contributed by atoms with van der Waals surface area (Å²) in [5, 5.41) is 28.6. The first-order valence-electron chi connectivity index (χ1n) is 5.57. The van der Waals surface area contributed by atoms with E-state index in [0.29, 0.717) is 19.6 Å². The zero-order valence-electron chi connectivity index (χ0n) is 9.50. The van der Waals surface area contributed by atoms with Gasteiger partial charge >= 0.3 is 0 Å². The molecule has 0 fully saturated rings. The van der Waals surface area contributed by atoms with Crippen molar-refractivity contribution in [2.45, 2.75) is 6.54 Å². The van der Waals surface area contributed by atoms with E-state index in [9.17, 15) is 0 Å². The van der Waals surface area contributed by atoms with Gasteiger partial charge in [-0.3, -0.25) is 4.90 Å². The van der Waals surface area contributed by atoms with Gasteiger partial charge in [-0.25, -0.2) is 0 Å². The Kier molecular flexibility index (Phi) is 4.03. The quantitative estimate of drug-likeness (QED) is 0.643. The molecule has 1 aromatic heterocycles. The average molecular weight is 236 g/mol. The van der Waals surface area contributed by atoms with Crippen molar-refractivity contribution < 1.29 is 10.2 Å². The fourth-order valence-electron chi connectivity index (χ4n) is 1.85. The van der Waals surface area contributed by atoms with E-state index in [1.54, 1.807) is 0 Å². The monoisotopic (exact) mass is 236 g/mol. The number of aliphatic hydroxyl groups excluding tert-OH is 2. The van der Waals surface area contributed by atoms with Gasteiger partial charge in [0.15, 0.2) is 0 Å². The van der Waals surface area contributed by atoms with Gasteiger partial charge in [0.2, 0.25) is 0 Å². The number of hydrogen-bond donors (Lipinski definition) is 3. The van der Waals surface area contributed by atoms with Crippen molar-refractivity contribution in [1.29, 1.82) is 0 Å². The van der Waals surface area contributed by atoms with E-state index < -0.39 is 0 Å². The van der Waals surface area contributed by atoms with Gasteiger partial charge in [-0.15, -0.1) is 0 Å². The maximum absolute atomic E-state index is 8.96. The van der Waals surface area contributed by atoms with Crippen LogP contribution in [0.15, 0.2) is 18.2 Å². The summed E-state index contributed by atoms with van der Waals surface area (Å²) in [6.07, 6.45) is 0. The molecule has 0 aliphatic carbocycles. The Morgan fingerprint density at radius 2 is 1.88 bits per heavy atom. The van der Waals surface area contributed by atoms with Crippen molar-refractivity contribution in [3.05, 3.63) is 23.8 Å². The highest BCUT2D eigenvalue weighted by Crippen LogP contribution is 2.15. The average Bonchev–Trinajstić information content (AvgIpc) is 2.79. The number of benzene rings is 1. The van der Waals surface area contributed by atoms with Gasteiger partial charge < -0.3 is 10.2 Å². The van der Waals surface area contributed by atoms with Gasteiger partial charge in [0.25, 0.3) is 0 Å². The van der Waals surface area contributed by atoms with Crippen LogP contribution < -0.4 is 0 Å². The summed E-state index contributed by atoms with van der Waals surface area (Å²) in [7, 11) is 0. The zero-order chi connectivity index (χ0) is 12.1. The van der Waals surface area contributed by atoms with Crippen LogP contribution in [-0.4, -0.2) is 56.8 Å². The Morgan fingerprint density at radius 3 is 2.59 bits per heavy atom. The Labute approximate surface area is 98.9 Å². The van der Waals surface area contributed by atoms with Crippen molar-refractivity contribution in [2.75, 3.05) is 26.3 Å². The molecule has 0 amide bonds. The van der Waals surface area contributed by atoms with E-state index >= 15 is 0 Å². The second-order valence-electron chi connectivity index (χ2n) is 3.83. The van der Waals surface area contributed by atoms with Gasteiger partial charge in [-0.1, -0.05) is 12.1 Å². The van der Waals surface area contributed by atoms with Crippen LogP contribution in [0.2, 0.25) is 0 Å². The number of nitrogens with zero attached hydrogens (tertiary/aromatic N) is 3. The molecule has 0 spiro atoms. The summed E-state index contributed by atoms with van der Waals surface area (Å²) < 4.78 is 0. The third kappa shape index (κ3) is 2.79. The molecular weight excluding hydrogens is 220 g/mol. The molecule has 0 bridgehead atoms. The number of fused-ring (bicyclic) bond motifs is 1. The normalized spacial score (nSPS) is 11.5. The molecule has 0 saturated carbocycles. The fraction of sp³-hybridized carbons (Fsp3) is 0.455. The Hall–Kier alpha value is -1.50. The Bertz CT molecular complexity index is 465. The van der Waals surface area contributed by atoms with E-state index in [-0.39, 0.29) is 13.2 Å².